The molecule has 1 heterocycles. The highest BCUT2D eigenvalue weighted by molar-refractivity contribution is 8.14. The van der Waals surface area contributed by atoms with E-state index in [9.17, 15) is 14.4 Å². The highest BCUT2D eigenvalue weighted by Crippen LogP contribution is 2.27. The average Bonchev–Trinajstić information content (AvgIpc) is 3.26. The van der Waals surface area contributed by atoms with Gasteiger partial charge in [-0.1, -0.05) is 54.9 Å². The van der Waals surface area contributed by atoms with Crippen molar-refractivity contribution in [1.82, 2.24) is 10.2 Å². The fraction of sp³-hybridized carbons (Fsp3) is 0.526. The molecule has 1 saturated heterocycles. The van der Waals surface area contributed by atoms with Gasteiger partial charge in [0.15, 0.2) is 5.12 Å². The van der Waals surface area contributed by atoms with Crippen molar-refractivity contribution in [2.45, 2.75) is 44.7 Å². The maximum Gasteiger partial charge on any atom is 0.239 e. The van der Waals surface area contributed by atoms with Crippen LogP contribution in [0.3, 0.4) is 0 Å². The topological polar surface area (TPSA) is 66.5 Å². The molecule has 1 aliphatic heterocycles. The Morgan fingerprint density at radius 2 is 1.88 bits per heavy atom. The summed E-state index contributed by atoms with van der Waals surface area (Å²) >= 11 is 1.22. The van der Waals surface area contributed by atoms with Gasteiger partial charge in [0.1, 0.15) is 0 Å². The summed E-state index contributed by atoms with van der Waals surface area (Å²) < 4.78 is 0. The van der Waals surface area contributed by atoms with Crippen LogP contribution in [0.5, 0.6) is 0 Å². The van der Waals surface area contributed by atoms with Gasteiger partial charge in [-0.05, 0) is 18.4 Å². The van der Waals surface area contributed by atoms with Gasteiger partial charge < -0.3 is 10.2 Å². The number of rotatable bonds is 6. The van der Waals surface area contributed by atoms with E-state index in [2.05, 4.69) is 5.32 Å². The lowest BCUT2D eigenvalue weighted by molar-refractivity contribution is -0.140. The number of hydrogen-bond acceptors (Lipinski definition) is 4. The second-order valence-electron chi connectivity index (χ2n) is 6.81. The SMILES string of the molecule is O=C(CN(Cc1ccccc1)C(=O)[C@H]1CSC(=O)C1)NC1CCCC1. The van der Waals surface area contributed by atoms with Crippen LogP contribution in [0.2, 0.25) is 0 Å². The summed E-state index contributed by atoms with van der Waals surface area (Å²) in [5.41, 5.74) is 0.987. The number of benzene rings is 1. The van der Waals surface area contributed by atoms with Gasteiger partial charge >= 0.3 is 0 Å². The molecule has 2 amide bonds. The van der Waals surface area contributed by atoms with E-state index in [0.717, 1.165) is 31.2 Å². The van der Waals surface area contributed by atoms with Crippen molar-refractivity contribution in [3.05, 3.63) is 35.9 Å². The first-order valence-corrected chi connectivity index (χ1v) is 9.88. The molecule has 1 aromatic rings. The number of carbonyl (C=O) groups is 3. The molecule has 6 heteroatoms. The molecule has 2 aliphatic rings. The predicted molar refractivity (Wildman–Crippen MR) is 97.8 cm³/mol. The molecule has 1 aliphatic carbocycles. The Balaban J connectivity index is 1.65. The molecule has 0 aromatic heterocycles. The zero-order chi connectivity index (χ0) is 17.6. The van der Waals surface area contributed by atoms with Crippen LogP contribution < -0.4 is 5.32 Å². The van der Waals surface area contributed by atoms with Crippen molar-refractivity contribution in [2.24, 2.45) is 5.92 Å². The summed E-state index contributed by atoms with van der Waals surface area (Å²) in [7, 11) is 0. The molecule has 2 fully saturated rings. The maximum absolute atomic E-state index is 12.8. The summed E-state index contributed by atoms with van der Waals surface area (Å²) in [4.78, 5) is 38.4. The normalized spacial score (nSPS) is 20.6. The van der Waals surface area contributed by atoms with Gasteiger partial charge in [0.25, 0.3) is 0 Å². The average molecular weight is 360 g/mol. The Morgan fingerprint density at radius 3 is 2.52 bits per heavy atom. The van der Waals surface area contributed by atoms with Crippen LogP contribution in [0.15, 0.2) is 30.3 Å². The molecular weight excluding hydrogens is 336 g/mol. The minimum Gasteiger partial charge on any atom is -0.352 e. The Kier molecular flexibility index (Phi) is 6.13. The van der Waals surface area contributed by atoms with Crippen molar-refractivity contribution in [3.8, 4) is 0 Å². The van der Waals surface area contributed by atoms with Crippen molar-refractivity contribution in [2.75, 3.05) is 12.3 Å². The largest absolute Gasteiger partial charge is 0.352 e. The monoisotopic (exact) mass is 360 g/mol. The zero-order valence-corrected chi connectivity index (χ0v) is 15.1. The highest BCUT2D eigenvalue weighted by Gasteiger charge is 2.33. The Bertz CT molecular complexity index is 629. The van der Waals surface area contributed by atoms with Crippen LogP contribution in [0.4, 0.5) is 0 Å². The minimum absolute atomic E-state index is 0.0551. The lowest BCUT2D eigenvalue weighted by atomic mass is 10.1. The molecule has 1 aromatic carbocycles. The zero-order valence-electron chi connectivity index (χ0n) is 14.3. The van der Waals surface area contributed by atoms with Gasteiger partial charge in [0.2, 0.25) is 11.8 Å². The maximum atomic E-state index is 12.8. The Morgan fingerprint density at radius 1 is 1.16 bits per heavy atom. The first-order valence-electron chi connectivity index (χ1n) is 8.89. The van der Waals surface area contributed by atoms with E-state index in [1.807, 2.05) is 30.3 Å². The van der Waals surface area contributed by atoms with Crippen LogP contribution >= 0.6 is 11.8 Å². The third-order valence-corrected chi connectivity index (χ3v) is 5.85. The minimum atomic E-state index is -0.305. The molecule has 5 nitrogen and oxygen atoms in total. The lowest BCUT2D eigenvalue weighted by Crippen LogP contribution is -2.45. The molecule has 0 spiro atoms. The quantitative estimate of drug-likeness (QED) is 0.846. The fourth-order valence-corrected chi connectivity index (χ4v) is 4.43. The first-order chi connectivity index (χ1) is 12.1. The molecule has 0 bridgehead atoms. The second-order valence-corrected chi connectivity index (χ2v) is 7.89. The highest BCUT2D eigenvalue weighted by atomic mass is 32.2. The molecule has 0 unspecified atom stereocenters. The van der Waals surface area contributed by atoms with Crippen molar-refractivity contribution in [3.63, 3.8) is 0 Å². The summed E-state index contributed by atoms with van der Waals surface area (Å²) in [5, 5.41) is 3.11. The number of nitrogens with one attached hydrogen (secondary N) is 1. The number of thioether (sulfide) groups is 1. The molecule has 1 saturated carbocycles. The Hall–Kier alpha value is -1.82. The van der Waals surface area contributed by atoms with Gasteiger partial charge in [-0.15, -0.1) is 0 Å². The number of nitrogens with zero attached hydrogens (tertiary/aromatic N) is 1. The molecule has 3 rings (SSSR count). The van der Waals surface area contributed by atoms with Crippen molar-refractivity contribution < 1.29 is 14.4 Å². The summed E-state index contributed by atoms with van der Waals surface area (Å²) in [6.07, 6.45) is 4.62. The Labute approximate surface area is 152 Å². The van der Waals surface area contributed by atoms with Crippen LogP contribution in [0, 0.1) is 5.92 Å². The van der Waals surface area contributed by atoms with Gasteiger partial charge in [0, 0.05) is 24.8 Å². The van der Waals surface area contributed by atoms with Gasteiger partial charge in [-0.2, -0.15) is 0 Å². The summed E-state index contributed by atoms with van der Waals surface area (Å²) in [6, 6.07) is 9.91. The van der Waals surface area contributed by atoms with Gasteiger partial charge in [0.05, 0.1) is 12.5 Å². The molecule has 1 atom stereocenters. The van der Waals surface area contributed by atoms with E-state index >= 15 is 0 Å². The van der Waals surface area contributed by atoms with E-state index in [-0.39, 0.29) is 41.9 Å². The number of carbonyl (C=O) groups excluding carboxylic acids is 3. The van der Waals surface area contributed by atoms with E-state index < -0.39 is 0 Å². The first kappa shape index (κ1) is 18.0. The number of amides is 2. The smallest absolute Gasteiger partial charge is 0.239 e. The number of hydrogen-bond donors (Lipinski definition) is 1. The molecule has 25 heavy (non-hydrogen) atoms. The summed E-state index contributed by atoms with van der Waals surface area (Å²) in [5.74, 6) is 0.0186. The standard InChI is InChI=1S/C19H24N2O3S/c22-17(20-16-8-4-5-9-16)12-21(11-14-6-2-1-3-7-14)19(24)15-10-18(23)25-13-15/h1-3,6-7,15-16H,4-5,8-13H2,(H,20,22)/t15-/m1/s1. The van der Waals surface area contributed by atoms with Crippen LogP contribution in [-0.4, -0.2) is 40.2 Å². The van der Waals surface area contributed by atoms with Crippen LogP contribution in [-0.2, 0) is 20.9 Å². The third-order valence-electron chi connectivity index (χ3n) is 4.79. The molecule has 134 valence electrons. The van der Waals surface area contributed by atoms with Crippen LogP contribution in [0.1, 0.15) is 37.7 Å². The van der Waals surface area contributed by atoms with E-state index in [0.29, 0.717) is 12.3 Å². The summed E-state index contributed by atoms with van der Waals surface area (Å²) in [6.45, 7) is 0.451. The van der Waals surface area contributed by atoms with E-state index in [4.69, 9.17) is 0 Å². The van der Waals surface area contributed by atoms with E-state index in [1.165, 1.54) is 11.8 Å². The van der Waals surface area contributed by atoms with Crippen LogP contribution in [0.25, 0.3) is 0 Å². The van der Waals surface area contributed by atoms with Gasteiger partial charge in [-0.3, -0.25) is 14.4 Å². The molecular formula is C19H24N2O3S. The van der Waals surface area contributed by atoms with Crippen molar-refractivity contribution in [1.29, 1.82) is 0 Å². The van der Waals surface area contributed by atoms with Crippen molar-refractivity contribution >= 4 is 28.7 Å². The third kappa shape index (κ3) is 5.08. The van der Waals surface area contributed by atoms with Gasteiger partial charge in [-0.25, -0.2) is 0 Å². The predicted octanol–water partition coefficient (Wildman–Crippen LogP) is 2.35. The lowest BCUT2D eigenvalue weighted by Gasteiger charge is -2.25. The second kappa shape index (κ2) is 8.52. The molecule has 1 N–H and O–H groups in total. The molecule has 0 radical (unpaired) electrons. The van der Waals surface area contributed by atoms with E-state index in [1.54, 1.807) is 4.90 Å². The fourth-order valence-electron chi connectivity index (χ4n) is 3.46.